The van der Waals surface area contributed by atoms with E-state index < -0.39 is 6.04 Å². The molecule has 0 aliphatic heterocycles. The maximum Gasteiger partial charge on any atom is 0.143 e. The summed E-state index contributed by atoms with van der Waals surface area (Å²) < 4.78 is 0. The van der Waals surface area contributed by atoms with Crippen molar-refractivity contribution in [2.45, 2.75) is 6.04 Å². The first kappa shape index (κ1) is 8.83. The molecule has 0 aliphatic rings. The van der Waals surface area contributed by atoms with E-state index in [1.807, 2.05) is 0 Å². The quantitative estimate of drug-likeness (QED) is 0.368. The van der Waals surface area contributed by atoms with Gasteiger partial charge in [-0.1, -0.05) is 12.1 Å². The Kier molecular flexibility index (Phi) is 2.52. The molecule has 0 saturated heterocycles. The smallest absolute Gasteiger partial charge is 0.143 e. The van der Waals surface area contributed by atoms with E-state index in [1.54, 1.807) is 18.2 Å². The highest BCUT2D eigenvalue weighted by molar-refractivity contribution is 5.56. The number of hydrogen-bond donors (Lipinski definition) is 4. The lowest BCUT2D eigenvalue weighted by Gasteiger charge is -2.11. The number of benzene rings is 1. The van der Waals surface area contributed by atoms with Crippen LogP contribution in [0.2, 0.25) is 0 Å². The average Bonchev–Trinajstić information content (AvgIpc) is 2.08. The lowest BCUT2D eigenvalue weighted by molar-refractivity contribution is 0.265. The molecule has 66 valence electrons. The van der Waals surface area contributed by atoms with E-state index >= 15 is 0 Å². The molecule has 1 aromatic carbocycles. The predicted molar refractivity (Wildman–Crippen MR) is 46.5 cm³/mol. The van der Waals surface area contributed by atoms with Gasteiger partial charge in [0.2, 0.25) is 0 Å². The zero-order valence-electron chi connectivity index (χ0n) is 6.57. The van der Waals surface area contributed by atoms with Crippen molar-refractivity contribution in [1.82, 2.24) is 0 Å². The third kappa shape index (κ3) is 1.49. The molecule has 4 heteroatoms. The molecular weight excluding hydrogens is 156 g/mol. The van der Waals surface area contributed by atoms with Crippen LogP contribution in [0.4, 0.5) is 5.69 Å². The molecule has 0 aliphatic carbocycles. The molecule has 4 nitrogen and oxygen atoms in total. The van der Waals surface area contributed by atoms with Gasteiger partial charge in [-0.3, -0.25) is 0 Å². The van der Waals surface area contributed by atoms with E-state index in [0.29, 0.717) is 5.56 Å². The summed E-state index contributed by atoms with van der Waals surface area (Å²) in [6.45, 7) is -0.211. The number of nitrogen functional groups attached to an aromatic ring is 1. The van der Waals surface area contributed by atoms with Crippen LogP contribution >= 0.6 is 0 Å². The molecule has 0 unspecified atom stereocenters. The minimum atomic E-state index is -0.575. The molecule has 0 heterocycles. The molecule has 12 heavy (non-hydrogen) atoms. The minimum Gasteiger partial charge on any atom is -0.505 e. The summed E-state index contributed by atoms with van der Waals surface area (Å²) in [4.78, 5) is 0. The van der Waals surface area contributed by atoms with Gasteiger partial charge in [0.05, 0.1) is 18.3 Å². The van der Waals surface area contributed by atoms with Crippen LogP contribution in [0.15, 0.2) is 18.2 Å². The van der Waals surface area contributed by atoms with Gasteiger partial charge in [0.25, 0.3) is 0 Å². The molecule has 0 bridgehead atoms. The average molecular weight is 168 g/mol. The van der Waals surface area contributed by atoms with Gasteiger partial charge in [-0.05, 0) is 6.07 Å². The predicted octanol–water partition coefficient (Wildman–Crippen LogP) is -0.0335. The second-order valence-electron chi connectivity index (χ2n) is 2.57. The number of aromatic hydroxyl groups is 1. The fourth-order valence-corrected chi connectivity index (χ4v) is 0.978. The number of phenols is 1. The van der Waals surface area contributed by atoms with Crippen LogP contribution in [0.1, 0.15) is 11.6 Å². The Labute approximate surface area is 70.4 Å². The van der Waals surface area contributed by atoms with Crippen LogP contribution in [0, 0.1) is 0 Å². The Balaban J connectivity index is 3.07. The van der Waals surface area contributed by atoms with Crippen molar-refractivity contribution in [3.63, 3.8) is 0 Å². The molecule has 1 aromatic rings. The van der Waals surface area contributed by atoms with Gasteiger partial charge in [-0.15, -0.1) is 0 Å². The number of nitrogens with two attached hydrogens (primary N) is 2. The van der Waals surface area contributed by atoms with Crippen molar-refractivity contribution in [1.29, 1.82) is 0 Å². The van der Waals surface area contributed by atoms with Gasteiger partial charge < -0.3 is 21.7 Å². The molecule has 1 atom stereocenters. The van der Waals surface area contributed by atoms with E-state index in [1.165, 1.54) is 0 Å². The zero-order valence-corrected chi connectivity index (χ0v) is 6.57. The molecule has 0 radical (unpaired) electrons. The SMILES string of the molecule is Nc1cccc([C@@H](N)CO)c1O. The van der Waals surface area contributed by atoms with Crippen molar-refractivity contribution < 1.29 is 10.2 Å². The third-order valence-corrected chi connectivity index (χ3v) is 1.69. The molecule has 1 rings (SSSR count). The second kappa shape index (κ2) is 3.42. The highest BCUT2D eigenvalue weighted by Crippen LogP contribution is 2.27. The van der Waals surface area contributed by atoms with Crippen LogP contribution in [-0.4, -0.2) is 16.8 Å². The maximum absolute atomic E-state index is 9.38. The van der Waals surface area contributed by atoms with Gasteiger partial charge >= 0.3 is 0 Å². The van der Waals surface area contributed by atoms with E-state index in [0.717, 1.165) is 0 Å². The number of aliphatic hydroxyl groups excluding tert-OH is 1. The second-order valence-corrected chi connectivity index (χ2v) is 2.57. The Hall–Kier alpha value is -1.26. The van der Waals surface area contributed by atoms with E-state index in [9.17, 15) is 5.11 Å². The number of hydrogen-bond acceptors (Lipinski definition) is 4. The van der Waals surface area contributed by atoms with Gasteiger partial charge in [0.15, 0.2) is 0 Å². The molecule has 0 aromatic heterocycles. The van der Waals surface area contributed by atoms with Crippen LogP contribution in [-0.2, 0) is 0 Å². The molecule has 0 spiro atoms. The van der Waals surface area contributed by atoms with Crippen LogP contribution in [0.5, 0.6) is 5.75 Å². The Morgan fingerprint density at radius 1 is 1.42 bits per heavy atom. The first-order valence-electron chi connectivity index (χ1n) is 3.60. The van der Waals surface area contributed by atoms with Gasteiger partial charge in [0, 0.05) is 5.56 Å². The monoisotopic (exact) mass is 168 g/mol. The Morgan fingerprint density at radius 2 is 2.08 bits per heavy atom. The third-order valence-electron chi connectivity index (χ3n) is 1.69. The lowest BCUT2D eigenvalue weighted by atomic mass is 10.1. The number of aliphatic hydroxyl groups is 1. The molecular formula is C8H12N2O2. The summed E-state index contributed by atoms with van der Waals surface area (Å²) in [5.41, 5.74) is 11.7. The molecule has 0 amide bonds. The summed E-state index contributed by atoms with van der Waals surface area (Å²) in [7, 11) is 0. The first-order valence-corrected chi connectivity index (χ1v) is 3.60. The molecule has 0 saturated carbocycles. The van der Waals surface area contributed by atoms with E-state index in [2.05, 4.69) is 0 Å². The zero-order chi connectivity index (χ0) is 9.14. The number of rotatable bonds is 2. The Bertz CT molecular complexity index is 276. The summed E-state index contributed by atoms with van der Waals surface area (Å²) >= 11 is 0. The first-order chi connectivity index (χ1) is 5.66. The normalized spacial score (nSPS) is 12.8. The van der Waals surface area contributed by atoms with Crippen molar-refractivity contribution >= 4 is 5.69 Å². The maximum atomic E-state index is 9.38. The van der Waals surface area contributed by atoms with Gasteiger partial charge in [-0.2, -0.15) is 0 Å². The summed E-state index contributed by atoms with van der Waals surface area (Å²) in [5.74, 6) is -0.0425. The minimum absolute atomic E-state index is 0.0425. The number of anilines is 1. The summed E-state index contributed by atoms with van der Waals surface area (Å²) in [6, 6.07) is 4.31. The van der Waals surface area contributed by atoms with Crippen molar-refractivity contribution in [2.24, 2.45) is 5.73 Å². The van der Waals surface area contributed by atoms with Gasteiger partial charge in [0.1, 0.15) is 5.75 Å². The van der Waals surface area contributed by atoms with Crippen LogP contribution < -0.4 is 11.5 Å². The van der Waals surface area contributed by atoms with Crippen molar-refractivity contribution in [3.8, 4) is 5.75 Å². The topological polar surface area (TPSA) is 92.5 Å². The fraction of sp³-hybridized carbons (Fsp3) is 0.250. The molecule has 0 fully saturated rings. The number of para-hydroxylation sites is 1. The standard InChI is InChI=1S/C8H12N2O2/c9-6-3-1-2-5(8(6)12)7(10)4-11/h1-3,7,11-12H,4,9-10H2/t7-/m0/s1. The van der Waals surface area contributed by atoms with Gasteiger partial charge in [-0.25, -0.2) is 0 Å². The van der Waals surface area contributed by atoms with Crippen LogP contribution in [0.3, 0.4) is 0 Å². The highest BCUT2D eigenvalue weighted by Gasteiger charge is 2.10. The largest absolute Gasteiger partial charge is 0.505 e. The lowest BCUT2D eigenvalue weighted by Crippen LogP contribution is -2.14. The highest BCUT2D eigenvalue weighted by atomic mass is 16.3. The Morgan fingerprint density at radius 3 is 2.67 bits per heavy atom. The fourth-order valence-electron chi connectivity index (χ4n) is 0.978. The van der Waals surface area contributed by atoms with Crippen LogP contribution in [0.25, 0.3) is 0 Å². The van der Waals surface area contributed by atoms with Crippen molar-refractivity contribution in [2.75, 3.05) is 12.3 Å². The van der Waals surface area contributed by atoms with E-state index in [-0.39, 0.29) is 18.0 Å². The number of phenolic OH excluding ortho intramolecular Hbond substituents is 1. The van der Waals surface area contributed by atoms with Crippen molar-refractivity contribution in [3.05, 3.63) is 23.8 Å². The van der Waals surface area contributed by atoms with E-state index in [4.69, 9.17) is 16.6 Å². The summed E-state index contributed by atoms with van der Waals surface area (Å²) in [5, 5.41) is 18.1. The summed E-state index contributed by atoms with van der Waals surface area (Å²) in [6.07, 6.45) is 0. The molecule has 6 N–H and O–H groups in total.